The molecule has 1 atom stereocenters. The van der Waals surface area contributed by atoms with Crippen LogP contribution in [0.4, 0.5) is 0 Å². The summed E-state index contributed by atoms with van der Waals surface area (Å²) in [5, 5.41) is 9.51. The van der Waals surface area contributed by atoms with Crippen LogP contribution in [0.2, 0.25) is 10.0 Å². The number of aryl methyl sites for hydroxylation is 1. The standard InChI is InChI=1S/C10H13Cl2NO3S/c1-6-3-10(9(12)4-8(6)11)17(15,16)13-5-7(2)14/h3-4,7,13-14H,5H2,1-2H3. The quantitative estimate of drug-likeness (QED) is 0.893. The van der Waals surface area contributed by atoms with Gasteiger partial charge in [-0.05, 0) is 31.5 Å². The number of hydrogen-bond acceptors (Lipinski definition) is 3. The van der Waals surface area contributed by atoms with E-state index in [1.807, 2.05) is 0 Å². The van der Waals surface area contributed by atoms with Gasteiger partial charge in [0.15, 0.2) is 0 Å². The van der Waals surface area contributed by atoms with Crippen molar-refractivity contribution in [1.29, 1.82) is 0 Å². The number of sulfonamides is 1. The molecule has 4 nitrogen and oxygen atoms in total. The molecular formula is C10H13Cl2NO3S. The van der Waals surface area contributed by atoms with Crippen LogP contribution in [0.25, 0.3) is 0 Å². The van der Waals surface area contributed by atoms with Crippen LogP contribution >= 0.6 is 23.2 Å². The number of rotatable bonds is 4. The van der Waals surface area contributed by atoms with Crippen LogP contribution < -0.4 is 4.72 Å². The number of benzene rings is 1. The highest BCUT2D eigenvalue weighted by atomic mass is 35.5. The van der Waals surface area contributed by atoms with Crippen molar-refractivity contribution in [2.45, 2.75) is 24.8 Å². The van der Waals surface area contributed by atoms with Gasteiger partial charge in [0.25, 0.3) is 0 Å². The highest BCUT2D eigenvalue weighted by Crippen LogP contribution is 2.27. The molecule has 0 aliphatic heterocycles. The molecule has 7 heteroatoms. The van der Waals surface area contributed by atoms with Crippen molar-refractivity contribution in [3.63, 3.8) is 0 Å². The van der Waals surface area contributed by atoms with Gasteiger partial charge in [-0.15, -0.1) is 0 Å². The number of halogens is 2. The van der Waals surface area contributed by atoms with Crippen molar-refractivity contribution in [1.82, 2.24) is 4.72 Å². The fraction of sp³-hybridized carbons (Fsp3) is 0.400. The van der Waals surface area contributed by atoms with E-state index in [-0.39, 0.29) is 16.5 Å². The maximum absolute atomic E-state index is 11.9. The van der Waals surface area contributed by atoms with Gasteiger partial charge in [0, 0.05) is 11.6 Å². The zero-order chi connectivity index (χ0) is 13.2. The Morgan fingerprint density at radius 2 is 1.94 bits per heavy atom. The number of aliphatic hydroxyl groups excluding tert-OH is 1. The first kappa shape index (κ1) is 14.7. The highest BCUT2D eigenvalue weighted by molar-refractivity contribution is 7.89. The Labute approximate surface area is 111 Å². The maximum Gasteiger partial charge on any atom is 0.242 e. The van der Waals surface area contributed by atoms with Gasteiger partial charge in [-0.2, -0.15) is 0 Å². The molecule has 17 heavy (non-hydrogen) atoms. The first-order valence-corrected chi connectivity index (χ1v) is 7.11. The Balaban J connectivity index is 3.11. The molecule has 0 spiro atoms. The molecule has 0 saturated carbocycles. The molecule has 1 unspecified atom stereocenters. The molecule has 0 saturated heterocycles. The Bertz CT molecular complexity index is 515. The Morgan fingerprint density at radius 1 is 1.35 bits per heavy atom. The van der Waals surface area contributed by atoms with Crippen LogP contribution in [-0.2, 0) is 10.0 Å². The summed E-state index contributed by atoms with van der Waals surface area (Å²) >= 11 is 11.7. The van der Waals surface area contributed by atoms with Crippen LogP contribution in [0.1, 0.15) is 12.5 Å². The molecule has 0 radical (unpaired) electrons. The monoisotopic (exact) mass is 297 g/mol. The van der Waals surface area contributed by atoms with Crippen molar-refractivity contribution in [3.8, 4) is 0 Å². The summed E-state index contributed by atoms with van der Waals surface area (Å²) in [6, 6.07) is 2.78. The van der Waals surface area contributed by atoms with Crippen LogP contribution in [0.3, 0.4) is 0 Å². The smallest absolute Gasteiger partial charge is 0.242 e. The SMILES string of the molecule is Cc1cc(S(=O)(=O)NCC(C)O)c(Cl)cc1Cl. The summed E-state index contributed by atoms with van der Waals surface area (Å²) in [7, 11) is -3.73. The normalized spacial score (nSPS) is 13.7. The third-order valence-electron chi connectivity index (χ3n) is 2.07. The number of hydrogen-bond donors (Lipinski definition) is 2. The van der Waals surface area contributed by atoms with E-state index in [4.69, 9.17) is 28.3 Å². The van der Waals surface area contributed by atoms with Gasteiger partial charge >= 0.3 is 0 Å². The Kier molecular flexibility index (Phi) is 4.80. The van der Waals surface area contributed by atoms with E-state index in [2.05, 4.69) is 4.72 Å². The highest BCUT2D eigenvalue weighted by Gasteiger charge is 2.19. The first-order valence-electron chi connectivity index (χ1n) is 4.87. The van der Waals surface area contributed by atoms with Crippen molar-refractivity contribution < 1.29 is 13.5 Å². The molecule has 1 aromatic rings. The van der Waals surface area contributed by atoms with E-state index in [9.17, 15) is 8.42 Å². The fourth-order valence-corrected chi connectivity index (χ4v) is 3.10. The summed E-state index contributed by atoms with van der Waals surface area (Å²) < 4.78 is 26.0. The number of aliphatic hydroxyl groups is 1. The molecule has 0 aromatic heterocycles. The van der Waals surface area contributed by atoms with Gasteiger partial charge in [0.1, 0.15) is 4.90 Å². The zero-order valence-electron chi connectivity index (χ0n) is 9.37. The summed E-state index contributed by atoms with van der Waals surface area (Å²) in [6.07, 6.45) is -0.767. The largest absolute Gasteiger partial charge is 0.392 e. The summed E-state index contributed by atoms with van der Waals surface area (Å²) in [6.45, 7) is 3.10. The molecule has 2 N–H and O–H groups in total. The predicted octanol–water partition coefficient (Wildman–Crippen LogP) is 1.96. The summed E-state index contributed by atoms with van der Waals surface area (Å²) in [5.41, 5.74) is 0.619. The Hall–Kier alpha value is -0.330. The molecule has 1 aromatic carbocycles. The minimum atomic E-state index is -3.73. The average molecular weight is 298 g/mol. The topological polar surface area (TPSA) is 66.4 Å². The zero-order valence-corrected chi connectivity index (χ0v) is 11.7. The van der Waals surface area contributed by atoms with Gasteiger partial charge in [0.2, 0.25) is 10.0 Å². The summed E-state index contributed by atoms with van der Waals surface area (Å²) in [4.78, 5) is -0.0401. The van der Waals surface area contributed by atoms with Crippen LogP contribution in [0, 0.1) is 6.92 Å². The van der Waals surface area contributed by atoms with Crippen LogP contribution in [0.15, 0.2) is 17.0 Å². The molecule has 0 heterocycles. The van der Waals surface area contributed by atoms with E-state index in [1.165, 1.54) is 19.1 Å². The second-order valence-corrected chi connectivity index (χ2v) is 6.28. The maximum atomic E-state index is 11.9. The average Bonchev–Trinajstić information content (AvgIpc) is 2.20. The lowest BCUT2D eigenvalue weighted by molar-refractivity contribution is 0.198. The molecule has 0 aliphatic carbocycles. The van der Waals surface area contributed by atoms with Gasteiger partial charge in [0.05, 0.1) is 11.1 Å². The van der Waals surface area contributed by atoms with Crippen molar-refractivity contribution >= 4 is 33.2 Å². The lowest BCUT2D eigenvalue weighted by Crippen LogP contribution is -2.30. The van der Waals surface area contributed by atoms with Crippen LogP contribution in [0.5, 0.6) is 0 Å². The Morgan fingerprint density at radius 3 is 2.47 bits per heavy atom. The molecule has 0 bridgehead atoms. The third kappa shape index (κ3) is 3.82. The third-order valence-corrected chi connectivity index (χ3v) is 4.37. The molecule has 0 aliphatic rings. The summed E-state index contributed by atoms with van der Waals surface area (Å²) in [5.74, 6) is 0. The second kappa shape index (κ2) is 5.54. The van der Waals surface area contributed by atoms with Crippen molar-refractivity contribution in [2.24, 2.45) is 0 Å². The molecule has 0 fully saturated rings. The van der Waals surface area contributed by atoms with E-state index < -0.39 is 16.1 Å². The first-order chi connectivity index (χ1) is 7.74. The molecule has 1 rings (SSSR count). The van der Waals surface area contributed by atoms with Gasteiger partial charge < -0.3 is 5.11 Å². The molecule has 96 valence electrons. The van der Waals surface area contributed by atoms with Gasteiger partial charge in [-0.25, -0.2) is 13.1 Å². The predicted molar refractivity (Wildman–Crippen MR) is 68.1 cm³/mol. The van der Waals surface area contributed by atoms with Gasteiger partial charge in [-0.3, -0.25) is 0 Å². The number of nitrogens with one attached hydrogen (secondary N) is 1. The van der Waals surface area contributed by atoms with Gasteiger partial charge in [-0.1, -0.05) is 23.2 Å². The minimum Gasteiger partial charge on any atom is -0.392 e. The van der Waals surface area contributed by atoms with E-state index >= 15 is 0 Å². The second-order valence-electron chi connectivity index (χ2n) is 3.73. The van der Waals surface area contributed by atoms with E-state index in [1.54, 1.807) is 6.92 Å². The van der Waals surface area contributed by atoms with E-state index in [0.29, 0.717) is 10.6 Å². The van der Waals surface area contributed by atoms with Crippen LogP contribution in [-0.4, -0.2) is 26.2 Å². The van der Waals surface area contributed by atoms with Crippen molar-refractivity contribution in [3.05, 3.63) is 27.7 Å². The minimum absolute atomic E-state index is 0.0401. The lowest BCUT2D eigenvalue weighted by Gasteiger charge is -2.11. The fourth-order valence-electron chi connectivity index (χ4n) is 1.14. The molecule has 0 amide bonds. The molecular weight excluding hydrogens is 285 g/mol. The lowest BCUT2D eigenvalue weighted by atomic mass is 10.2. The van der Waals surface area contributed by atoms with E-state index in [0.717, 1.165) is 0 Å². The van der Waals surface area contributed by atoms with Crippen molar-refractivity contribution in [2.75, 3.05) is 6.54 Å².